The number of aromatic nitrogens is 3. The van der Waals surface area contributed by atoms with Gasteiger partial charge in [0.15, 0.2) is 0 Å². The van der Waals surface area contributed by atoms with Crippen LogP contribution in [0.2, 0.25) is 0 Å². The van der Waals surface area contributed by atoms with E-state index in [1.54, 1.807) is 6.20 Å². The number of aryl methyl sites for hydroxylation is 1. The van der Waals surface area contributed by atoms with E-state index in [0.29, 0.717) is 6.54 Å². The molecule has 0 saturated carbocycles. The van der Waals surface area contributed by atoms with Gasteiger partial charge in [-0.15, -0.1) is 0 Å². The molecule has 5 nitrogen and oxygen atoms in total. The topological polar surface area (TPSA) is 60.0 Å². The van der Waals surface area contributed by atoms with Crippen molar-refractivity contribution in [3.8, 4) is 0 Å². The third-order valence-electron chi connectivity index (χ3n) is 2.70. The zero-order valence-corrected chi connectivity index (χ0v) is 12.0. The molecule has 2 rings (SSSR count). The Bertz CT molecular complexity index is 452. The van der Waals surface area contributed by atoms with Crippen LogP contribution < -0.4 is 10.6 Å². The standard InChI is InChI=1S/C9H14N2.C5H9N3/c1-3-8-11(2)9-6-4-5-7-10-9;1-8-3-2-7-5(8)4-6/h4-7H,3,8H2,1-2H3;2-3H,4,6H2,1H3. The lowest BCUT2D eigenvalue weighted by Gasteiger charge is -2.15. The van der Waals surface area contributed by atoms with Gasteiger partial charge in [-0.2, -0.15) is 0 Å². The normalized spacial score (nSPS) is 9.68. The Morgan fingerprint density at radius 2 is 2.05 bits per heavy atom. The summed E-state index contributed by atoms with van der Waals surface area (Å²) in [6.07, 6.45) is 6.60. The van der Waals surface area contributed by atoms with E-state index in [1.807, 2.05) is 42.2 Å². The molecule has 0 spiro atoms. The van der Waals surface area contributed by atoms with Gasteiger partial charge < -0.3 is 15.2 Å². The van der Waals surface area contributed by atoms with E-state index in [4.69, 9.17) is 5.73 Å². The van der Waals surface area contributed by atoms with E-state index in [0.717, 1.165) is 24.6 Å². The van der Waals surface area contributed by atoms with E-state index < -0.39 is 0 Å². The summed E-state index contributed by atoms with van der Waals surface area (Å²) in [5, 5.41) is 0. The van der Waals surface area contributed by atoms with E-state index in [1.165, 1.54) is 0 Å². The highest BCUT2D eigenvalue weighted by atomic mass is 15.2. The first-order valence-corrected chi connectivity index (χ1v) is 6.47. The van der Waals surface area contributed by atoms with Crippen LogP contribution in [0.15, 0.2) is 36.8 Å². The number of anilines is 1. The molecular weight excluding hydrogens is 238 g/mol. The van der Waals surface area contributed by atoms with Gasteiger partial charge in [0.05, 0.1) is 6.54 Å². The van der Waals surface area contributed by atoms with Crippen LogP contribution in [0.4, 0.5) is 5.82 Å². The molecular formula is C14H23N5. The Labute approximate surface area is 115 Å². The van der Waals surface area contributed by atoms with Crippen LogP contribution in [0.1, 0.15) is 19.2 Å². The van der Waals surface area contributed by atoms with Gasteiger partial charge >= 0.3 is 0 Å². The van der Waals surface area contributed by atoms with Gasteiger partial charge in [-0.05, 0) is 18.6 Å². The van der Waals surface area contributed by atoms with Gasteiger partial charge in [-0.1, -0.05) is 13.0 Å². The van der Waals surface area contributed by atoms with Gasteiger partial charge in [-0.25, -0.2) is 9.97 Å². The van der Waals surface area contributed by atoms with Crippen LogP contribution in [-0.2, 0) is 13.6 Å². The predicted molar refractivity (Wildman–Crippen MR) is 78.9 cm³/mol. The summed E-state index contributed by atoms with van der Waals surface area (Å²) >= 11 is 0. The lowest BCUT2D eigenvalue weighted by Crippen LogP contribution is -2.18. The fraction of sp³-hybridized carbons (Fsp3) is 0.429. The molecule has 0 amide bonds. The minimum Gasteiger partial charge on any atom is -0.360 e. The molecule has 0 saturated heterocycles. The van der Waals surface area contributed by atoms with Crippen LogP contribution in [0, 0.1) is 0 Å². The number of nitrogens with two attached hydrogens (primary N) is 1. The average Bonchev–Trinajstić information content (AvgIpc) is 2.86. The van der Waals surface area contributed by atoms with Gasteiger partial charge in [0.25, 0.3) is 0 Å². The minimum absolute atomic E-state index is 0.517. The fourth-order valence-corrected chi connectivity index (χ4v) is 1.62. The molecule has 2 heterocycles. The predicted octanol–water partition coefficient (Wildman–Crippen LogP) is 1.81. The molecule has 0 atom stereocenters. The summed E-state index contributed by atoms with van der Waals surface area (Å²) in [6.45, 7) is 3.75. The monoisotopic (exact) mass is 261 g/mol. The lowest BCUT2D eigenvalue weighted by atomic mass is 10.4. The van der Waals surface area contributed by atoms with Gasteiger partial charge in [0.1, 0.15) is 11.6 Å². The van der Waals surface area contributed by atoms with Crippen molar-refractivity contribution in [1.82, 2.24) is 14.5 Å². The first-order valence-electron chi connectivity index (χ1n) is 6.47. The second-order valence-corrected chi connectivity index (χ2v) is 4.27. The third-order valence-corrected chi connectivity index (χ3v) is 2.70. The van der Waals surface area contributed by atoms with E-state index in [9.17, 15) is 0 Å². The largest absolute Gasteiger partial charge is 0.360 e. The summed E-state index contributed by atoms with van der Waals surface area (Å²) in [5.74, 6) is 1.97. The lowest BCUT2D eigenvalue weighted by molar-refractivity contribution is 0.793. The summed E-state index contributed by atoms with van der Waals surface area (Å²) in [5.41, 5.74) is 5.31. The Hall–Kier alpha value is -1.88. The summed E-state index contributed by atoms with van der Waals surface area (Å²) in [4.78, 5) is 10.3. The van der Waals surface area contributed by atoms with E-state index >= 15 is 0 Å². The summed E-state index contributed by atoms with van der Waals surface area (Å²) < 4.78 is 1.90. The molecule has 19 heavy (non-hydrogen) atoms. The zero-order chi connectivity index (χ0) is 14.1. The fourth-order valence-electron chi connectivity index (χ4n) is 1.62. The molecule has 2 N–H and O–H groups in total. The van der Waals surface area contributed by atoms with Gasteiger partial charge in [-0.3, -0.25) is 0 Å². The zero-order valence-electron chi connectivity index (χ0n) is 12.0. The highest BCUT2D eigenvalue weighted by Crippen LogP contribution is 2.05. The van der Waals surface area contributed by atoms with Crippen LogP contribution in [0.3, 0.4) is 0 Å². The average molecular weight is 261 g/mol. The minimum atomic E-state index is 0.517. The second kappa shape index (κ2) is 8.26. The highest BCUT2D eigenvalue weighted by Gasteiger charge is 1.96. The van der Waals surface area contributed by atoms with Crippen LogP contribution >= 0.6 is 0 Å². The molecule has 2 aromatic heterocycles. The van der Waals surface area contributed by atoms with E-state index in [2.05, 4.69) is 28.8 Å². The molecule has 0 fully saturated rings. The third kappa shape index (κ3) is 5.09. The molecule has 0 bridgehead atoms. The summed E-state index contributed by atoms with van der Waals surface area (Å²) in [6, 6.07) is 5.97. The van der Waals surface area contributed by atoms with Crippen molar-refractivity contribution >= 4 is 5.82 Å². The van der Waals surface area contributed by atoms with Crippen molar-refractivity contribution in [2.75, 3.05) is 18.5 Å². The number of rotatable bonds is 4. The first kappa shape index (κ1) is 15.2. The molecule has 0 radical (unpaired) electrons. The SMILES string of the molecule is CCCN(C)c1ccccn1.Cn1ccnc1CN. The number of hydrogen-bond donors (Lipinski definition) is 1. The molecule has 0 aliphatic carbocycles. The van der Waals surface area contributed by atoms with Crippen molar-refractivity contribution in [1.29, 1.82) is 0 Å². The van der Waals surface area contributed by atoms with Crippen LogP contribution in [0.5, 0.6) is 0 Å². The number of nitrogens with zero attached hydrogens (tertiary/aromatic N) is 4. The summed E-state index contributed by atoms with van der Waals surface area (Å²) in [7, 11) is 3.99. The quantitative estimate of drug-likeness (QED) is 0.912. The Kier molecular flexibility index (Phi) is 6.60. The highest BCUT2D eigenvalue weighted by molar-refractivity contribution is 5.35. The van der Waals surface area contributed by atoms with E-state index in [-0.39, 0.29) is 0 Å². The molecule has 0 aliphatic heterocycles. The smallest absolute Gasteiger partial charge is 0.128 e. The number of hydrogen-bond acceptors (Lipinski definition) is 4. The molecule has 2 aromatic rings. The van der Waals surface area contributed by atoms with Crippen molar-refractivity contribution < 1.29 is 0 Å². The second-order valence-electron chi connectivity index (χ2n) is 4.27. The molecule has 0 aliphatic rings. The Morgan fingerprint density at radius 1 is 1.26 bits per heavy atom. The van der Waals surface area contributed by atoms with Crippen molar-refractivity contribution in [2.45, 2.75) is 19.9 Å². The maximum atomic E-state index is 5.31. The molecule has 5 heteroatoms. The maximum Gasteiger partial charge on any atom is 0.128 e. The molecule has 104 valence electrons. The first-order chi connectivity index (χ1) is 9.19. The van der Waals surface area contributed by atoms with Gasteiger partial charge in [0.2, 0.25) is 0 Å². The van der Waals surface area contributed by atoms with Crippen LogP contribution in [0.25, 0.3) is 0 Å². The van der Waals surface area contributed by atoms with Crippen molar-refractivity contribution in [3.05, 3.63) is 42.6 Å². The van der Waals surface area contributed by atoms with Crippen molar-refractivity contribution in [3.63, 3.8) is 0 Å². The maximum absolute atomic E-state index is 5.31. The number of pyridine rings is 1. The van der Waals surface area contributed by atoms with Gasteiger partial charge in [0, 0.05) is 39.2 Å². The molecule has 0 aromatic carbocycles. The van der Waals surface area contributed by atoms with Crippen molar-refractivity contribution in [2.24, 2.45) is 12.8 Å². The Balaban J connectivity index is 0.000000200. The van der Waals surface area contributed by atoms with Crippen LogP contribution in [-0.4, -0.2) is 28.1 Å². The molecule has 0 unspecified atom stereocenters. The number of imidazole rings is 1. The Morgan fingerprint density at radius 3 is 2.47 bits per heavy atom.